The van der Waals surface area contributed by atoms with Crippen LogP contribution in [0.5, 0.6) is 5.75 Å². The summed E-state index contributed by atoms with van der Waals surface area (Å²) in [7, 11) is 0. The average molecular weight is 486 g/mol. The van der Waals surface area contributed by atoms with E-state index in [2.05, 4.69) is 4.99 Å². The first-order valence-corrected chi connectivity index (χ1v) is 11.8. The van der Waals surface area contributed by atoms with Crippen LogP contribution in [-0.2, 0) is 16.1 Å². The number of hydrogen-bond acceptors (Lipinski definition) is 6. The summed E-state index contributed by atoms with van der Waals surface area (Å²) in [6.07, 6.45) is 1.70. The minimum absolute atomic E-state index is 0.0868. The number of esters is 1. The quantitative estimate of drug-likeness (QED) is 0.415. The number of aliphatic hydroxyl groups is 1. The highest BCUT2D eigenvalue weighted by Gasteiger charge is 2.34. The number of carbonyl (C=O) groups excluding carboxylic acids is 2. The Morgan fingerprint density at radius 2 is 1.60 bits per heavy atom. The Morgan fingerprint density at radius 3 is 2.31 bits per heavy atom. The maximum absolute atomic E-state index is 12.7. The maximum Gasteiger partial charge on any atom is 0.344 e. The molecule has 0 aliphatic carbocycles. The molecule has 1 heterocycles. The summed E-state index contributed by atoms with van der Waals surface area (Å²) < 4.78 is 11.1. The number of carbonyl (C=O) groups is 2. The lowest BCUT2D eigenvalue weighted by Crippen LogP contribution is -2.14. The number of aliphatic imine (C=N–C) groups is 1. The first-order chi connectivity index (χ1) is 17.1. The summed E-state index contributed by atoms with van der Waals surface area (Å²) >= 11 is 1.03. The van der Waals surface area contributed by atoms with Gasteiger partial charge < -0.3 is 14.6 Å². The zero-order chi connectivity index (χ0) is 24.6. The van der Waals surface area contributed by atoms with Crippen LogP contribution in [-0.4, -0.2) is 28.6 Å². The van der Waals surface area contributed by atoms with Crippen LogP contribution in [0.25, 0.3) is 6.08 Å². The van der Waals surface area contributed by atoms with E-state index < -0.39 is 11.9 Å². The van der Waals surface area contributed by atoms with E-state index >= 15 is 0 Å². The topological polar surface area (TPSA) is 85.2 Å². The van der Waals surface area contributed by atoms with Gasteiger partial charge in [-0.3, -0.25) is 4.79 Å². The summed E-state index contributed by atoms with van der Waals surface area (Å²) in [5, 5.41) is 11.0. The summed E-state index contributed by atoms with van der Waals surface area (Å²) in [5.74, 6) is -0.934. The third-order valence-electron chi connectivity index (χ3n) is 5.04. The van der Waals surface area contributed by atoms with Gasteiger partial charge in [-0.1, -0.05) is 78.5 Å². The molecule has 0 atom stereocenters. The fourth-order valence-electron chi connectivity index (χ4n) is 3.34. The van der Waals surface area contributed by atoms with Crippen LogP contribution in [0.3, 0.4) is 0 Å². The molecular formula is C28H23NO5S. The van der Waals surface area contributed by atoms with Gasteiger partial charge in [-0.25, -0.2) is 9.79 Å². The van der Waals surface area contributed by atoms with Crippen LogP contribution in [0.15, 0.2) is 106 Å². The van der Waals surface area contributed by atoms with E-state index in [1.54, 1.807) is 43.3 Å². The van der Waals surface area contributed by atoms with Crippen molar-refractivity contribution in [2.75, 3.05) is 6.61 Å². The van der Waals surface area contributed by atoms with Gasteiger partial charge in [0.25, 0.3) is 5.91 Å². The number of hydrogen-bond donors (Lipinski definition) is 1. The highest BCUT2D eigenvalue weighted by molar-refractivity contribution is 8.18. The zero-order valence-corrected chi connectivity index (χ0v) is 19.8. The Labute approximate surface area is 207 Å². The first-order valence-electron chi connectivity index (χ1n) is 11.0. The Kier molecular flexibility index (Phi) is 7.80. The number of ether oxygens (including phenoxy) is 2. The summed E-state index contributed by atoms with van der Waals surface area (Å²) in [6.45, 7) is 2.17. The molecule has 7 heteroatoms. The molecule has 0 unspecified atom stereocenters. The highest BCUT2D eigenvalue weighted by atomic mass is 32.2. The van der Waals surface area contributed by atoms with E-state index in [-0.39, 0.29) is 23.0 Å². The van der Waals surface area contributed by atoms with Crippen molar-refractivity contribution in [1.29, 1.82) is 0 Å². The zero-order valence-electron chi connectivity index (χ0n) is 19.0. The lowest BCUT2D eigenvalue weighted by atomic mass is 10.1. The van der Waals surface area contributed by atoms with Gasteiger partial charge in [-0.05, 0) is 36.8 Å². The van der Waals surface area contributed by atoms with Crippen molar-refractivity contribution >= 4 is 34.8 Å². The Hall–Kier alpha value is -4.10. The van der Waals surface area contributed by atoms with Crippen molar-refractivity contribution in [2.24, 2.45) is 4.99 Å². The molecule has 1 amide bonds. The molecule has 0 radical (unpaired) electrons. The van der Waals surface area contributed by atoms with E-state index in [1.165, 1.54) is 0 Å². The molecule has 3 aromatic rings. The van der Waals surface area contributed by atoms with Crippen LogP contribution in [0, 0.1) is 0 Å². The van der Waals surface area contributed by atoms with Crippen molar-refractivity contribution in [2.45, 2.75) is 13.5 Å². The number of rotatable bonds is 7. The molecule has 3 aromatic carbocycles. The molecule has 1 aliphatic heterocycles. The van der Waals surface area contributed by atoms with Gasteiger partial charge in [0, 0.05) is 11.1 Å². The van der Waals surface area contributed by atoms with E-state index in [0.717, 1.165) is 17.3 Å². The molecule has 1 aliphatic rings. The molecule has 1 N–H and O–H groups in total. The number of para-hydroxylation sites is 1. The third-order valence-corrected chi connectivity index (χ3v) is 6.06. The predicted octanol–water partition coefficient (Wildman–Crippen LogP) is 5.97. The van der Waals surface area contributed by atoms with Gasteiger partial charge in [0.05, 0.1) is 11.5 Å². The second kappa shape index (κ2) is 11.4. The second-order valence-corrected chi connectivity index (χ2v) is 8.49. The van der Waals surface area contributed by atoms with Gasteiger partial charge in [0.15, 0.2) is 0 Å². The van der Waals surface area contributed by atoms with Gasteiger partial charge in [-0.15, -0.1) is 0 Å². The molecule has 35 heavy (non-hydrogen) atoms. The van der Waals surface area contributed by atoms with Crippen molar-refractivity contribution in [3.8, 4) is 5.75 Å². The molecule has 4 rings (SSSR count). The Balaban J connectivity index is 1.66. The molecular weight excluding hydrogens is 462 g/mol. The second-order valence-electron chi connectivity index (χ2n) is 7.45. The highest BCUT2D eigenvalue weighted by Crippen LogP contribution is 2.40. The molecule has 0 saturated carbocycles. The lowest BCUT2D eigenvalue weighted by Gasteiger charge is -2.10. The molecule has 0 bridgehead atoms. The fourth-order valence-corrected chi connectivity index (χ4v) is 4.34. The van der Waals surface area contributed by atoms with Crippen LogP contribution in [0.2, 0.25) is 0 Å². The number of amides is 1. The van der Waals surface area contributed by atoms with E-state index in [0.29, 0.717) is 28.4 Å². The summed E-state index contributed by atoms with van der Waals surface area (Å²) in [6, 6.07) is 25.7. The maximum atomic E-state index is 12.7. The number of thioether (sulfide) groups is 1. The summed E-state index contributed by atoms with van der Waals surface area (Å²) in [4.78, 5) is 29.8. The minimum atomic E-state index is -0.742. The van der Waals surface area contributed by atoms with E-state index in [1.807, 2.05) is 54.6 Å². The number of nitrogens with zero attached hydrogens (tertiary/aromatic N) is 1. The predicted molar refractivity (Wildman–Crippen MR) is 137 cm³/mol. The molecule has 0 aromatic heterocycles. The van der Waals surface area contributed by atoms with Gasteiger partial charge in [-0.2, -0.15) is 0 Å². The van der Waals surface area contributed by atoms with Crippen molar-refractivity contribution in [3.05, 3.63) is 118 Å². The van der Waals surface area contributed by atoms with E-state index in [9.17, 15) is 14.7 Å². The van der Waals surface area contributed by atoms with Crippen LogP contribution in [0.1, 0.15) is 28.4 Å². The van der Waals surface area contributed by atoms with E-state index in [4.69, 9.17) is 9.47 Å². The lowest BCUT2D eigenvalue weighted by molar-refractivity contribution is -0.138. The Bertz CT molecular complexity index is 1310. The molecule has 0 fully saturated rings. The average Bonchev–Trinajstić information content (AvgIpc) is 3.19. The molecule has 6 nitrogen and oxygen atoms in total. The van der Waals surface area contributed by atoms with Crippen LogP contribution >= 0.6 is 11.8 Å². The Morgan fingerprint density at radius 1 is 0.943 bits per heavy atom. The van der Waals surface area contributed by atoms with Crippen molar-refractivity contribution < 1.29 is 24.2 Å². The summed E-state index contributed by atoms with van der Waals surface area (Å²) in [5.41, 5.74) is 1.97. The van der Waals surface area contributed by atoms with Crippen LogP contribution < -0.4 is 4.74 Å². The number of aliphatic hydroxyl groups excluding tert-OH is 1. The third kappa shape index (κ3) is 5.88. The monoisotopic (exact) mass is 485 g/mol. The van der Waals surface area contributed by atoms with Crippen molar-refractivity contribution in [3.63, 3.8) is 0 Å². The normalized spacial score (nSPS) is 15.5. The van der Waals surface area contributed by atoms with Crippen LogP contribution in [0.4, 0.5) is 0 Å². The molecule has 0 spiro atoms. The fraction of sp³-hybridized carbons (Fsp3) is 0.107. The molecule has 0 saturated heterocycles. The number of benzene rings is 3. The first kappa shape index (κ1) is 24.0. The standard InChI is InChI=1S/C28H23NO5S/c1-2-33-28(32)24-25(30)23(35-27(24)29-26(31)20-13-7-4-8-14-20)17-21-15-9-10-16-22(21)34-18-19-11-5-3-6-12-19/h3-17,30H,2,18H2,1H3. The van der Waals surface area contributed by atoms with Gasteiger partial charge >= 0.3 is 5.97 Å². The minimum Gasteiger partial charge on any atom is -0.506 e. The van der Waals surface area contributed by atoms with Gasteiger partial charge in [0.1, 0.15) is 28.7 Å². The smallest absolute Gasteiger partial charge is 0.344 e. The largest absolute Gasteiger partial charge is 0.506 e. The van der Waals surface area contributed by atoms with Crippen molar-refractivity contribution in [1.82, 2.24) is 0 Å². The molecule has 176 valence electrons. The SMILES string of the molecule is CCOC(=O)C1=C(O)C(=Cc2ccccc2OCc2ccccc2)SC1=NC(=O)c1ccccc1. The van der Waals surface area contributed by atoms with Gasteiger partial charge in [0.2, 0.25) is 0 Å².